The number of aromatic nitrogens is 2. The summed E-state index contributed by atoms with van der Waals surface area (Å²) >= 11 is 3.11. The summed E-state index contributed by atoms with van der Waals surface area (Å²) in [6.07, 6.45) is 4.36. The fraction of sp³-hybridized carbons (Fsp3) is 0.542. The van der Waals surface area contributed by atoms with Gasteiger partial charge in [-0.05, 0) is 56.1 Å². The minimum atomic E-state index is -0.171. The highest BCUT2D eigenvalue weighted by Crippen LogP contribution is 2.34. The summed E-state index contributed by atoms with van der Waals surface area (Å²) in [5.74, 6) is 1.23. The number of carbonyl (C=O) groups excluding carboxylic acids is 1. The molecular formula is C24H30N4O3S2. The summed E-state index contributed by atoms with van der Waals surface area (Å²) in [6, 6.07) is 4.01. The number of hydrogen-bond acceptors (Lipinski definition) is 7. The van der Waals surface area contributed by atoms with Crippen LogP contribution in [-0.4, -0.2) is 52.7 Å². The highest BCUT2D eigenvalue weighted by atomic mass is 32.1. The fourth-order valence-corrected chi connectivity index (χ4v) is 6.39. The first kappa shape index (κ1) is 22.7. The van der Waals surface area contributed by atoms with E-state index in [0.717, 1.165) is 66.6 Å². The van der Waals surface area contributed by atoms with Crippen LogP contribution in [0, 0.1) is 5.92 Å². The van der Waals surface area contributed by atoms with Crippen LogP contribution < -0.4 is 10.9 Å². The van der Waals surface area contributed by atoms with E-state index < -0.39 is 0 Å². The van der Waals surface area contributed by atoms with Gasteiger partial charge in [0.15, 0.2) is 0 Å². The molecule has 2 fully saturated rings. The second-order valence-corrected chi connectivity index (χ2v) is 10.9. The van der Waals surface area contributed by atoms with Crippen molar-refractivity contribution in [3.05, 3.63) is 39.1 Å². The summed E-state index contributed by atoms with van der Waals surface area (Å²) in [6.45, 7) is 6.07. The predicted octanol–water partition coefficient (Wildman–Crippen LogP) is 3.71. The Morgan fingerprint density at radius 1 is 1.27 bits per heavy atom. The van der Waals surface area contributed by atoms with E-state index in [1.165, 1.54) is 11.3 Å². The van der Waals surface area contributed by atoms with Crippen LogP contribution in [0.2, 0.25) is 0 Å². The first-order valence-electron chi connectivity index (χ1n) is 11.7. The maximum atomic E-state index is 13.7. The lowest BCUT2D eigenvalue weighted by Gasteiger charge is -2.30. The topological polar surface area (TPSA) is 76.5 Å². The van der Waals surface area contributed by atoms with Crippen molar-refractivity contribution in [1.82, 2.24) is 19.8 Å². The van der Waals surface area contributed by atoms with Crippen molar-refractivity contribution in [3.63, 3.8) is 0 Å². The van der Waals surface area contributed by atoms with Gasteiger partial charge in [-0.1, -0.05) is 13.0 Å². The van der Waals surface area contributed by atoms with Crippen molar-refractivity contribution in [1.29, 1.82) is 0 Å². The van der Waals surface area contributed by atoms with Crippen molar-refractivity contribution in [2.45, 2.75) is 51.8 Å². The maximum absolute atomic E-state index is 13.7. The normalized spacial score (nSPS) is 20.0. The van der Waals surface area contributed by atoms with Crippen LogP contribution in [-0.2, 0) is 22.6 Å². The van der Waals surface area contributed by atoms with Gasteiger partial charge in [0.1, 0.15) is 17.2 Å². The molecule has 0 spiro atoms. The summed E-state index contributed by atoms with van der Waals surface area (Å²) in [4.78, 5) is 35.6. The molecule has 0 aromatic carbocycles. The second kappa shape index (κ2) is 10.0. The Labute approximate surface area is 201 Å². The molecule has 0 saturated carbocycles. The largest absolute Gasteiger partial charge is 0.376 e. The molecule has 9 heteroatoms. The molecule has 0 radical (unpaired) electrons. The van der Waals surface area contributed by atoms with Crippen LogP contribution in [0.5, 0.6) is 0 Å². The molecule has 3 aromatic heterocycles. The summed E-state index contributed by atoms with van der Waals surface area (Å²) < 4.78 is 7.21. The number of rotatable bonds is 7. The van der Waals surface area contributed by atoms with Gasteiger partial charge in [-0.15, -0.1) is 22.7 Å². The number of nitrogens with one attached hydrogen (secondary N) is 1. The number of amides is 1. The molecule has 7 nitrogen and oxygen atoms in total. The van der Waals surface area contributed by atoms with Crippen LogP contribution in [0.3, 0.4) is 0 Å². The number of carbonyl (C=O) groups is 1. The van der Waals surface area contributed by atoms with Gasteiger partial charge in [0, 0.05) is 29.0 Å². The van der Waals surface area contributed by atoms with Crippen molar-refractivity contribution in [2.75, 3.05) is 26.2 Å². The lowest BCUT2D eigenvalue weighted by Crippen LogP contribution is -2.39. The van der Waals surface area contributed by atoms with Crippen LogP contribution in [0.1, 0.15) is 38.4 Å². The molecule has 2 aliphatic rings. The lowest BCUT2D eigenvalue weighted by molar-refractivity contribution is -0.122. The van der Waals surface area contributed by atoms with E-state index >= 15 is 0 Å². The van der Waals surface area contributed by atoms with Gasteiger partial charge in [-0.2, -0.15) is 0 Å². The molecule has 5 heterocycles. The number of thiophene rings is 2. The van der Waals surface area contributed by atoms with Crippen molar-refractivity contribution < 1.29 is 9.53 Å². The number of piperidine rings is 1. The third kappa shape index (κ3) is 5.06. The first-order valence-corrected chi connectivity index (χ1v) is 13.5. The zero-order valence-corrected chi connectivity index (χ0v) is 20.6. The third-order valence-electron chi connectivity index (χ3n) is 6.65. The van der Waals surface area contributed by atoms with Gasteiger partial charge >= 0.3 is 0 Å². The summed E-state index contributed by atoms with van der Waals surface area (Å²) in [5.41, 5.74) is 0.784. The molecule has 1 unspecified atom stereocenters. The van der Waals surface area contributed by atoms with E-state index in [1.807, 2.05) is 22.9 Å². The molecule has 1 amide bonds. The standard InChI is InChI=1S/C24H30N4O3S2/c1-16-6-8-27(9-7-16)13-20-26-23-22(18(15-33-23)19-5-3-11-32-19)24(30)28(20)14-21(29)25-12-17-4-2-10-31-17/h3,5,11,15-17H,2,4,6-10,12-14H2,1H3,(H,25,29). The van der Waals surface area contributed by atoms with Crippen molar-refractivity contribution >= 4 is 38.8 Å². The molecule has 0 bridgehead atoms. The quantitative estimate of drug-likeness (QED) is 0.551. The minimum Gasteiger partial charge on any atom is -0.376 e. The number of ether oxygens (including phenoxy) is 1. The van der Waals surface area contributed by atoms with E-state index in [9.17, 15) is 9.59 Å². The molecule has 2 aliphatic heterocycles. The Bertz CT molecular complexity index is 1160. The smallest absolute Gasteiger partial charge is 0.263 e. The lowest BCUT2D eigenvalue weighted by atomic mass is 9.99. The van der Waals surface area contributed by atoms with Crippen LogP contribution in [0.4, 0.5) is 0 Å². The van der Waals surface area contributed by atoms with Gasteiger partial charge in [0.05, 0.1) is 18.0 Å². The molecule has 2 saturated heterocycles. The third-order valence-corrected chi connectivity index (χ3v) is 8.43. The molecule has 176 valence electrons. The van der Waals surface area contributed by atoms with Crippen molar-refractivity contribution in [2.24, 2.45) is 5.92 Å². The van der Waals surface area contributed by atoms with Crippen LogP contribution >= 0.6 is 22.7 Å². The Hall–Kier alpha value is -2.07. The molecular weight excluding hydrogens is 456 g/mol. The minimum absolute atomic E-state index is 0.0200. The average molecular weight is 487 g/mol. The Morgan fingerprint density at radius 3 is 2.85 bits per heavy atom. The summed E-state index contributed by atoms with van der Waals surface area (Å²) in [5, 5.41) is 7.60. The number of likely N-dealkylation sites (tertiary alicyclic amines) is 1. The molecule has 5 rings (SSSR count). The molecule has 33 heavy (non-hydrogen) atoms. The van der Waals surface area contributed by atoms with Crippen molar-refractivity contribution in [3.8, 4) is 10.4 Å². The van der Waals surface area contributed by atoms with Crippen LogP contribution in [0.25, 0.3) is 20.7 Å². The molecule has 3 aromatic rings. The Morgan fingerprint density at radius 2 is 2.12 bits per heavy atom. The average Bonchev–Trinajstić information content (AvgIpc) is 3.58. The van der Waals surface area contributed by atoms with Gasteiger partial charge in [-0.3, -0.25) is 19.1 Å². The SMILES string of the molecule is CC1CCN(Cc2nc3scc(-c4cccs4)c3c(=O)n2CC(=O)NCC2CCCO2)CC1. The zero-order valence-electron chi connectivity index (χ0n) is 18.9. The zero-order chi connectivity index (χ0) is 22.8. The monoisotopic (exact) mass is 486 g/mol. The Kier molecular flexibility index (Phi) is 6.91. The fourth-order valence-electron chi connectivity index (χ4n) is 4.62. The van der Waals surface area contributed by atoms with E-state index in [2.05, 4.69) is 17.1 Å². The Balaban J connectivity index is 1.45. The second-order valence-electron chi connectivity index (χ2n) is 9.12. The van der Waals surface area contributed by atoms with E-state index in [0.29, 0.717) is 24.3 Å². The summed E-state index contributed by atoms with van der Waals surface area (Å²) in [7, 11) is 0. The molecule has 0 aliphatic carbocycles. The van der Waals surface area contributed by atoms with Gasteiger partial charge in [0.2, 0.25) is 5.91 Å². The predicted molar refractivity (Wildman–Crippen MR) is 133 cm³/mol. The van der Waals surface area contributed by atoms with E-state index in [-0.39, 0.29) is 24.1 Å². The van der Waals surface area contributed by atoms with Gasteiger partial charge < -0.3 is 10.1 Å². The maximum Gasteiger partial charge on any atom is 0.263 e. The first-order chi connectivity index (χ1) is 16.1. The van der Waals surface area contributed by atoms with Gasteiger partial charge in [-0.25, -0.2) is 4.98 Å². The number of nitrogens with zero attached hydrogens (tertiary/aromatic N) is 3. The highest BCUT2D eigenvalue weighted by molar-refractivity contribution is 7.18. The van der Waals surface area contributed by atoms with Gasteiger partial charge in [0.25, 0.3) is 5.56 Å². The molecule has 1 N–H and O–H groups in total. The van der Waals surface area contributed by atoms with Crippen LogP contribution in [0.15, 0.2) is 27.7 Å². The number of hydrogen-bond donors (Lipinski definition) is 1. The highest BCUT2D eigenvalue weighted by Gasteiger charge is 2.23. The van der Waals surface area contributed by atoms with E-state index in [4.69, 9.17) is 9.72 Å². The number of fused-ring (bicyclic) bond motifs is 1. The molecule has 1 atom stereocenters. The van der Waals surface area contributed by atoms with E-state index in [1.54, 1.807) is 15.9 Å².